The molecule has 148 valence electrons. The molecule has 0 spiro atoms. The van der Waals surface area contributed by atoms with Crippen LogP contribution in [0.2, 0.25) is 0 Å². The topological polar surface area (TPSA) is 37.3 Å². The van der Waals surface area contributed by atoms with Gasteiger partial charge in [-0.3, -0.25) is 0 Å². The third-order valence-electron chi connectivity index (χ3n) is 5.13. The minimum atomic E-state index is -0.789. The molecule has 0 aromatic heterocycles. The minimum Gasteiger partial charge on any atom is -0.478 e. The van der Waals surface area contributed by atoms with Crippen LogP contribution in [-0.2, 0) is 4.79 Å². The zero-order chi connectivity index (χ0) is 18.8. The molecule has 0 saturated carbocycles. The molecule has 0 heterocycles. The second-order valence-electron chi connectivity index (χ2n) is 7.87. The highest BCUT2D eigenvalue weighted by atomic mass is 16.4. The van der Waals surface area contributed by atoms with Gasteiger partial charge < -0.3 is 5.11 Å². The number of carbonyl (C=O) groups is 1. The number of carboxylic acids is 1. The zero-order valence-corrected chi connectivity index (χ0v) is 17.3. The first-order valence-corrected chi connectivity index (χ1v) is 11.0. The highest BCUT2D eigenvalue weighted by Gasteiger charge is 2.04. The first-order chi connectivity index (χ1) is 12.1. The van der Waals surface area contributed by atoms with Gasteiger partial charge in [0.05, 0.1) is 0 Å². The number of hydrogen-bond acceptors (Lipinski definition) is 1. The normalized spacial score (nSPS) is 13.2. The van der Waals surface area contributed by atoms with Crippen molar-refractivity contribution in [3.05, 3.63) is 11.6 Å². The van der Waals surface area contributed by atoms with Gasteiger partial charge >= 0.3 is 5.97 Å². The maximum atomic E-state index is 10.8. The minimum absolute atomic E-state index is 0.387. The van der Waals surface area contributed by atoms with Crippen LogP contribution >= 0.6 is 0 Å². The van der Waals surface area contributed by atoms with Gasteiger partial charge in [0.25, 0.3) is 0 Å². The van der Waals surface area contributed by atoms with Crippen LogP contribution in [0.25, 0.3) is 0 Å². The van der Waals surface area contributed by atoms with E-state index in [2.05, 4.69) is 13.8 Å². The maximum absolute atomic E-state index is 10.8. The summed E-state index contributed by atoms with van der Waals surface area (Å²) in [7, 11) is 0. The fourth-order valence-corrected chi connectivity index (χ4v) is 3.42. The lowest BCUT2D eigenvalue weighted by Gasteiger charge is -2.07. The van der Waals surface area contributed by atoms with Crippen molar-refractivity contribution in [3.63, 3.8) is 0 Å². The molecule has 0 fully saturated rings. The van der Waals surface area contributed by atoms with Crippen molar-refractivity contribution in [1.82, 2.24) is 0 Å². The van der Waals surface area contributed by atoms with E-state index in [0.717, 1.165) is 6.42 Å². The fourth-order valence-electron chi connectivity index (χ4n) is 3.42. The van der Waals surface area contributed by atoms with Crippen LogP contribution in [0.4, 0.5) is 0 Å². The lowest BCUT2D eigenvalue weighted by molar-refractivity contribution is -0.132. The predicted octanol–water partition coefficient (Wildman–Crippen LogP) is 7.91. The summed E-state index contributed by atoms with van der Waals surface area (Å²) >= 11 is 0. The Bertz CT molecular complexity index is 333. The van der Waals surface area contributed by atoms with Gasteiger partial charge in [0.1, 0.15) is 0 Å². The van der Waals surface area contributed by atoms with Crippen LogP contribution in [0.1, 0.15) is 124 Å². The van der Waals surface area contributed by atoms with E-state index in [1.54, 1.807) is 6.92 Å². The van der Waals surface area contributed by atoms with Gasteiger partial charge in [0, 0.05) is 5.57 Å². The van der Waals surface area contributed by atoms with Crippen LogP contribution in [0.15, 0.2) is 11.6 Å². The van der Waals surface area contributed by atoms with Gasteiger partial charge in [-0.2, -0.15) is 0 Å². The first-order valence-electron chi connectivity index (χ1n) is 11.0. The average molecular weight is 353 g/mol. The van der Waals surface area contributed by atoms with Crippen molar-refractivity contribution in [2.24, 2.45) is 5.92 Å². The third kappa shape index (κ3) is 17.8. The molecular weight excluding hydrogens is 308 g/mol. The summed E-state index contributed by atoms with van der Waals surface area (Å²) in [5.41, 5.74) is 0.480. The molecule has 0 aromatic rings. The van der Waals surface area contributed by atoms with E-state index in [-0.39, 0.29) is 0 Å². The van der Waals surface area contributed by atoms with Crippen LogP contribution in [-0.4, -0.2) is 11.1 Å². The van der Waals surface area contributed by atoms with Crippen molar-refractivity contribution >= 4 is 5.97 Å². The maximum Gasteiger partial charge on any atom is 0.330 e. The van der Waals surface area contributed by atoms with Gasteiger partial charge in [-0.25, -0.2) is 4.79 Å². The molecule has 2 nitrogen and oxygen atoms in total. The lowest BCUT2D eigenvalue weighted by atomic mass is 9.99. The summed E-state index contributed by atoms with van der Waals surface area (Å²) in [6, 6.07) is 0. The Morgan fingerprint density at radius 2 is 1.12 bits per heavy atom. The highest BCUT2D eigenvalue weighted by Crippen LogP contribution is 2.16. The van der Waals surface area contributed by atoms with E-state index in [0.29, 0.717) is 11.5 Å². The molecule has 0 aliphatic rings. The van der Waals surface area contributed by atoms with E-state index in [4.69, 9.17) is 5.11 Å². The molecular formula is C23H44O2. The molecule has 0 amide bonds. The van der Waals surface area contributed by atoms with Crippen molar-refractivity contribution in [1.29, 1.82) is 0 Å². The molecule has 1 atom stereocenters. The van der Waals surface area contributed by atoms with E-state index in [9.17, 15) is 4.79 Å². The summed E-state index contributed by atoms with van der Waals surface area (Å²) in [6.07, 6.45) is 23.9. The summed E-state index contributed by atoms with van der Waals surface area (Å²) in [4.78, 5) is 10.8. The number of rotatable bonds is 18. The Morgan fingerprint density at radius 3 is 1.48 bits per heavy atom. The van der Waals surface area contributed by atoms with Gasteiger partial charge in [0.2, 0.25) is 0 Å². The summed E-state index contributed by atoms with van der Waals surface area (Å²) in [5, 5.41) is 8.87. The molecule has 0 aliphatic heterocycles. The molecule has 0 rings (SSSR count). The van der Waals surface area contributed by atoms with Crippen LogP contribution in [0.5, 0.6) is 0 Å². The van der Waals surface area contributed by atoms with E-state index in [1.807, 2.05) is 6.08 Å². The van der Waals surface area contributed by atoms with E-state index < -0.39 is 5.97 Å². The van der Waals surface area contributed by atoms with Gasteiger partial charge in [-0.05, 0) is 19.3 Å². The SMILES string of the molecule is CCCCCCCCCCCCCCCCC[C@H](C)/C=C(\C)C(=O)O. The largest absolute Gasteiger partial charge is 0.478 e. The Morgan fingerprint density at radius 1 is 0.760 bits per heavy atom. The Labute approximate surface area is 157 Å². The average Bonchev–Trinajstić information content (AvgIpc) is 2.58. The van der Waals surface area contributed by atoms with Gasteiger partial charge in [0.15, 0.2) is 0 Å². The zero-order valence-electron chi connectivity index (χ0n) is 17.3. The smallest absolute Gasteiger partial charge is 0.330 e. The highest BCUT2D eigenvalue weighted by molar-refractivity contribution is 5.85. The number of aliphatic carboxylic acids is 1. The van der Waals surface area contributed by atoms with Gasteiger partial charge in [-0.15, -0.1) is 0 Å². The van der Waals surface area contributed by atoms with Crippen molar-refractivity contribution in [2.45, 2.75) is 124 Å². The molecule has 0 saturated heterocycles. The number of hydrogen-bond donors (Lipinski definition) is 1. The molecule has 1 N–H and O–H groups in total. The molecule has 2 heteroatoms. The fraction of sp³-hybridized carbons (Fsp3) is 0.870. The van der Waals surface area contributed by atoms with Gasteiger partial charge in [-0.1, -0.05) is 116 Å². The monoisotopic (exact) mass is 352 g/mol. The molecule has 0 aliphatic carbocycles. The standard InChI is InChI=1S/C23H44O2/c1-4-5-6-7-8-9-10-11-12-13-14-15-16-17-18-19-21(2)20-22(3)23(24)25/h20-21H,4-19H2,1-3H3,(H,24,25)/b22-20+/t21-/m0/s1. The number of unbranched alkanes of at least 4 members (excludes halogenated alkanes) is 14. The van der Waals surface area contributed by atoms with Crippen molar-refractivity contribution in [2.75, 3.05) is 0 Å². The first kappa shape index (κ1) is 24.2. The second kappa shape index (κ2) is 18.0. The van der Waals surface area contributed by atoms with Crippen molar-refractivity contribution in [3.8, 4) is 0 Å². The third-order valence-corrected chi connectivity index (χ3v) is 5.13. The molecule has 25 heavy (non-hydrogen) atoms. The Balaban J connectivity index is 3.24. The lowest BCUT2D eigenvalue weighted by Crippen LogP contribution is -1.99. The number of carboxylic acid groups (broad SMARTS) is 1. The van der Waals surface area contributed by atoms with Crippen LogP contribution < -0.4 is 0 Å². The quantitative estimate of drug-likeness (QED) is 0.201. The predicted molar refractivity (Wildman–Crippen MR) is 110 cm³/mol. The summed E-state index contributed by atoms with van der Waals surface area (Å²) < 4.78 is 0. The molecule has 0 aromatic carbocycles. The summed E-state index contributed by atoms with van der Waals surface area (Å²) in [6.45, 7) is 6.09. The molecule has 0 bridgehead atoms. The van der Waals surface area contributed by atoms with E-state index >= 15 is 0 Å². The summed E-state index contributed by atoms with van der Waals surface area (Å²) in [5.74, 6) is -0.401. The van der Waals surface area contributed by atoms with Crippen LogP contribution in [0, 0.1) is 5.92 Å². The van der Waals surface area contributed by atoms with Crippen LogP contribution in [0.3, 0.4) is 0 Å². The molecule has 0 unspecified atom stereocenters. The Hall–Kier alpha value is -0.790. The second-order valence-corrected chi connectivity index (χ2v) is 7.87. The number of allylic oxidation sites excluding steroid dienone is 1. The van der Waals surface area contributed by atoms with E-state index in [1.165, 1.54) is 96.3 Å². The van der Waals surface area contributed by atoms with Crippen molar-refractivity contribution < 1.29 is 9.90 Å². The molecule has 0 radical (unpaired) electrons. The Kier molecular flexibility index (Phi) is 17.4.